The van der Waals surface area contributed by atoms with Crippen LogP contribution in [-0.4, -0.2) is 43.6 Å². The molecule has 4 heteroatoms. The summed E-state index contributed by atoms with van der Waals surface area (Å²) in [5.74, 6) is 0.389. The molecule has 0 amide bonds. The van der Waals surface area contributed by atoms with Gasteiger partial charge in [0.1, 0.15) is 0 Å². The molecule has 0 saturated carbocycles. The van der Waals surface area contributed by atoms with Crippen LogP contribution in [0.3, 0.4) is 0 Å². The van der Waals surface area contributed by atoms with E-state index in [-0.39, 0.29) is 6.29 Å². The summed E-state index contributed by atoms with van der Waals surface area (Å²) in [7, 11) is 2.14. The van der Waals surface area contributed by atoms with Gasteiger partial charge in [0.05, 0.1) is 18.2 Å². The average molecular weight is 208 g/mol. The summed E-state index contributed by atoms with van der Waals surface area (Å²) in [5, 5.41) is 4.17. The number of ether oxygens (including phenoxy) is 1. The summed E-state index contributed by atoms with van der Waals surface area (Å²) in [6.07, 6.45) is 4.31. The van der Waals surface area contributed by atoms with Gasteiger partial charge in [-0.2, -0.15) is 0 Å². The summed E-state index contributed by atoms with van der Waals surface area (Å²) >= 11 is 0. The van der Waals surface area contributed by atoms with Crippen molar-refractivity contribution in [3.63, 3.8) is 0 Å². The first kappa shape index (κ1) is 9.36. The molecule has 15 heavy (non-hydrogen) atoms. The molecule has 0 N–H and O–H groups in total. The average Bonchev–Trinajstić information content (AvgIpc) is 2.80. The quantitative estimate of drug-likeness (QED) is 0.644. The molecule has 0 aromatic heterocycles. The van der Waals surface area contributed by atoms with Crippen LogP contribution in [0.2, 0.25) is 0 Å². The monoisotopic (exact) mass is 208 g/mol. The van der Waals surface area contributed by atoms with Gasteiger partial charge >= 0.3 is 0 Å². The molecule has 3 heterocycles. The van der Waals surface area contributed by atoms with Gasteiger partial charge in [-0.05, 0) is 25.5 Å². The minimum Gasteiger partial charge on any atom is -0.363 e. The number of nitrogens with zero attached hydrogens (tertiary/aromatic N) is 2. The maximum absolute atomic E-state index is 5.44. The van der Waals surface area contributed by atoms with Crippen molar-refractivity contribution in [2.45, 2.75) is 19.1 Å². The molecule has 1 fully saturated rings. The van der Waals surface area contributed by atoms with Gasteiger partial charge < -0.3 is 14.5 Å². The predicted octanol–water partition coefficient (Wildman–Crippen LogP) is 0.997. The van der Waals surface area contributed by atoms with Crippen molar-refractivity contribution in [2.24, 2.45) is 11.1 Å². The van der Waals surface area contributed by atoms with E-state index in [4.69, 9.17) is 9.57 Å². The van der Waals surface area contributed by atoms with Crippen LogP contribution >= 0.6 is 0 Å². The van der Waals surface area contributed by atoms with Crippen LogP contribution in [0.15, 0.2) is 16.8 Å². The lowest BCUT2D eigenvalue weighted by Gasteiger charge is -2.22. The van der Waals surface area contributed by atoms with Crippen LogP contribution in [0.4, 0.5) is 0 Å². The fourth-order valence-corrected chi connectivity index (χ4v) is 2.41. The molecule has 0 unspecified atom stereocenters. The second-order valence-corrected chi connectivity index (χ2v) is 4.46. The maximum Gasteiger partial charge on any atom is 0.235 e. The van der Waals surface area contributed by atoms with Gasteiger partial charge in [0.25, 0.3) is 0 Å². The van der Waals surface area contributed by atoms with Crippen molar-refractivity contribution in [2.75, 3.05) is 26.7 Å². The number of rotatable bonds is 1. The standard InChI is InChI=1S/C11H16N2O2/c1-13-5-2-8(3-6-13)10-9-4-7-14-11(9)15-12-10/h2,9,11H,3-7H2,1H3/t9-,11+/m1/s1. The van der Waals surface area contributed by atoms with E-state index in [2.05, 4.69) is 23.2 Å². The van der Waals surface area contributed by atoms with Crippen LogP contribution in [0.25, 0.3) is 0 Å². The van der Waals surface area contributed by atoms with Crippen LogP contribution < -0.4 is 0 Å². The number of hydrogen-bond donors (Lipinski definition) is 0. The van der Waals surface area contributed by atoms with Crippen molar-refractivity contribution < 1.29 is 9.57 Å². The van der Waals surface area contributed by atoms with Crippen molar-refractivity contribution in [1.82, 2.24) is 4.90 Å². The zero-order valence-electron chi connectivity index (χ0n) is 8.98. The highest BCUT2D eigenvalue weighted by atomic mass is 16.8. The van der Waals surface area contributed by atoms with Gasteiger partial charge in [0.2, 0.25) is 6.29 Å². The smallest absolute Gasteiger partial charge is 0.235 e. The third kappa shape index (κ3) is 1.58. The molecule has 2 atom stereocenters. The molecule has 0 aromatic rings. The third-order valence-electron chi connectivity index (χ3n) is 3.39. The Morgan fingerprint density at radius 3 is 3.27 bits per heavy atom. The second kappa shape index (κ2) is 3.61. The Hall–Kier alpha value is -0.870. The summed E-state index contributed by atoms with van der Waals surface area (Å²) in [5.41, 5.74) is 2.51. The minimum absolute atomic E-state index is 0.0967. The van der Waals surface area contributed by atoms with Gasteiger partial charge in [-0.15, -0.1) is 0 Å². The lowest BCUT2D eigenvalue weighted by Crippen LogP contribution is -2.28. The topological polar surface area (TPSA) is 34.1 Å². The number of oxime groups is 1. The molecule has 4 nitrogen and oxygen atoms in total. The first-order valence-corrected chi connectivity index (χ1v) is 5.58. The highest BCUT2D eigenvalue weighted by Gasteiger charge is 2.40. The molecule has 3 rings (SSSR count). The Bertz CT molecular complexity index is 325. The lowest BCUT2D eigenvalue weighted by atomic mass is 9.92. The molecule has 0 aliphatic carbocycles. The normalized spacial score (nSPS) is 35.8. The van der Waals surface area contributed by atoms with E-state index >= 15 is 0 Å². The minimum atomic E-state index is -0.0967. The molecule has 3 aliphatic rings. The summed E-state index contributed by atoms with van der Waals surface area (Å²) in [6, 6.07) is 0. The summed E-state index contributed by atoms with van der Waals surface area (Å²) in [4.78, 5) is 7.59. The van der Waals surface area contributed by atoms with Crippen LogP contribution in [0, 0.1) is 5.92 Å². The first-order valence-electron chi connectivity index (χ1n) is 5.58. The van der Waals surface area contributed by atoms with Gasteiger partial charge in [-0.1, -0.05) is 11.2 Å². The van der Waals surface area contributed by atoms with E-state index in [1.54, 1.807) is 0 Å². The van der Waals surface area contributed by atoms with Crippen molar-refractivity contribution in [3.8, 4) is 0 Å². The molecule has 3 aliphatic heterocycles. The van der Waals surface area contributed by atoms with E-state index in [9.17, 15) is 0 Å². The van der Waals surface area contributed by atoms with Crippen molar-refractivity contribution >= 4 is 5.71 Å². The van der Waals surface area contributed by atoms with E-state index < -0.39 is 0 Å². The Kier molecular flexibility index (Phi) is 2.25. The van der Waals surface area contributed by atoms with Crippen LogP contribution in [-0.2, 0) is 9.57 Å². The SMILES string of the molecule is CN1CC=C(C2=NO[C@@H]3OCC[C@H]23)CC1. The Balaban J connectivity index is 1.77. The first-order chi connectivity index (χ1) is 7.34. The van der Waals surface area contributed by atoms with E-state index in [0.717, 1.165) is 38.2 Å². The molecule has 0 spiro atoms. The zero-order chi connectivity index (χ0) is 10.3. The fraction of sp³-hybridized carbons (Fsp3) is 0.727. The molecule has 0 aromatic carbocycles. The molecular weight excluding hydrogens is 192 g/mol. The highest BCUT2D eigenvalue weighted by Crippen LogP contribution is 2.33. The van der Waals surface area contributed by atoms with Crippen molar-refractivity contribution in [1.29, 1.82) is 0 Å². The molecule has 1 saturated heterocycles. The predicted molar refractivity (Wildman–Crippen MR) is 56.6 cm³/mol. The van der Waals surface area contributed by atoms with Gasteiger partial charge in [-0.3, -0.25) is 0 Å². The Morgan fingerprint density at radius 2 is 2.47 bits per heavy atom. The number of hydrogen-bond acceptors (Lipinski definition) is 4. The third-order valence-corrected chi connectivity index (χ3v) is 3.39. The molecule has 0 radical (unpaired) electrons. The van der Waals surface area contributed by atoms with Gasteiger partial charge in [0, 0.05) is 13.1 Å². The van der Waals surface area contributed by atoms with Crippen LogP contribution in [0.1, 0.15) is 12.8 Å². The number of fused-ring (bicyclic) bond motifs is 1. The summed E-state index contributed by atoms with van der Waals surface area (Å²) in [6.45, 7) is 2.94. The zero-order valence-corrected chi connectivity index (χ0v) is 8.98. The highest BCUT2D eigenvalue weighted by molar-refractivity contribution is 6.02. The van der Waals surface area contributed by atoms with Gasteiger partial charge in [-0.25, -0.2) is 0 Å². The van der Waals surface area contributed by atoms with E-state index in [0.29, 0.717) is 5.92 Å². The molecular formula is C11H16N2O2. The molecule has 82 valence electrons. The molecule has 0 bridgehead atoms. The Morgan fingerprint density at radius 1 is 1.53 bits per heavy atom. The van der Waals surface area contributed by atoms with Crippen LogP contribution in [0.5, 0.6) is 0 Å². The van der Waals surface area contributed by atoms with Crippen molar-refractivity contribution in [3.05, 3.63) is 11.6 Å². The Labute approximate surface area is 89.5 Å². The van der Waals surface area contributed by atoms with E-state index in [1.165, 1.54) is 5.57 Å². The van der Waals surface area contributed by atoms with Gasteiger partial charge in [0.15, 0.2) is 0 Å². The number of likely N-dealkylation sites (N-methyl/N-ethyl adjacent to an activating group) is 1. The summed E-state index contributed by atoms with van der Waals surface area (Å²) < 4.78 is 5.44. The van der Waals surface area contributed by atoms with E-state index in [1.807, 2.05) is 0 Å². The maximum atomic E-state index is 5.44. The second-order valence-electron chi connectivity index (χ2n) is 4.46. The lowest BCUT2D eigenvalue weighted by molar-refractivity contribution is -0.106. The largest absolute Gasteiger partial charge is 0.363 e. The fourth-order valence-electron chi connectivity index (χ4n) is 2.41.